The summed E-state index contributed by atoms with van der Waals surface area (Å²) in [6.07, 6.45) is 4.72. The third-order valence-corrected chi connectivity index (χ3v) is 4.00. The quantitative estimate of drug-likeness (QED) is 0.693. The number of rotatable bonds is 6. The molecule has 0 radical (unpaired) electrons. The van der Waals surface area contributed by atoms with Crippen LogP contribution in [0.2, 0.25) is 0 Å². The van der Waals surface area contributed by atoms with Crippen LogP contribution in [-0.2, 0) is 4.79 Å². The average molecular weight is 270 g/mol. The van der Waals surface area contributed by atoms with Gasteiger partial charge in [-0.2, -0.15) is 0 Å². The van der Waals surface area contributed by atoms with Crippen LogP contribution < -0.4 is 10.6 Å². The lowest BCUT2D eigenvalue weighted by Crippen LogP contribution is -2.47. The van der Waals surface area contributed by atoms with Gasteiger partial charge in [-0.15, -0.1) is 0 Å². The second-order valence-electron chi connectivity index (χ2n) is 6.29. The van der Waals surface area contributed by atoms with E-state index in [-0.39, 0.29) is 29.8 Å². The number of carboxylic acids is 1. The van der Waals surface area contributed by atoms with E-state index < -0.39 is 5.97 Å². The minimum Gasteiger partial charge on any atom is -0.481 e. The van der Waals surface area contributed by atoms with Crippen molar-refractivity contribution in [2.24, 2.45) is 11.3 Å². The molecule has 0 aliphatic heterocycles. The Hall–Kier alpha value is -1.26. The van der Waals surface area contributed by atoms with E-state index in [1.807, 2.05) is 13.8 Å². The van der Waals surface area contributed by atoms with Crippen molar-refractivity contribution in [2.45, 2.75) is 58.9 Å². The third kappa shape index (κ3) is 5.49. The van der Waals surface area contributed by atoms with Gasteiger partial charge in [-0.05, 0) is 24.2 Å². The van der Waals surface area contributed by atoms with Crippen LogP contribution in [0.25, 0.3) is 0 Å². The zero-order valence-corrected chi connectivity index (χ0v) is 12.2. The molecule has 1 unspecified atom stereocenters. The van der Waals surface area contributed by atoms with E-state index in [0.717, 1.165) is 12.8 Å². The van der Waals surface area contributed by atoms with Gasteiger partial charge in [0.1, 0.15) is 0 Å². The number of carboxylic acid groups (broad SMARTS) is 1. The second kappa shape index (κ2) is 6.78. The molecular formula is C14H26N2O3. The Bertz CT molecular complexity index is 323. The van der Waals surface area contributed by atoms with E-state index in [1.165, 1.54) is 12.8 Å². The zero-order valence-electron chi connectivity index (χ0n) is 12.2. The molecule has 1 aliphatic carbocycles. The molecule has 0 spiro atoms. The first-order valence-corrected chi connectivity index (χ1v) is 7.08. The van der Waals surface area contributed by atoms with Crippen molar-refractivity contribution in [3.05, 3.63) is 0 Å². The van der Waals surface area contributed by atoms with Crippen LogP contribution in [0.4, 0.5) is 4.79 Å². The van der Waals surface area contributed by atoms with Crippen molar-refractivity contribution < 1.29 is 14.7 Å². The number of urea groups is 1. The molecule has 0 bridgehead atoms. The van der Waals surface area contributed by atoms with Gasteiger partial charge >= 0.3 is 12.0 Å². The third-order valence-electron chi connectivity index (χ3n) is 4.00. The van der Waals surface area contributed by atoms with Gasteiger partial charge in [-0.1, -0.05) is 33.6 Å². The van der Waals surface area contributed by atoms with Crippen molar-refractivity contribution in [3.63, 3.8) is 0 Å². The molecule has 1 fully saturated rings. The largest absolute Gasteiger partial charge is 0.481 e. The Morgan fingerprint density at radius 2 is 1.84 bits per heavy atom. The number of amides is 2. The van der Waals surface area contributed by atoms with E-state index >= 15 is 0 Å². The number of hydrogen-bond donors (Lipinski definition) is 3. The number of carbonyl (C=O) groups excluding carboxylic acids is 1. The van der Waals surface area contributed by atoms with E-state index in [1.54, 1.807) is 0 Å². The fraction of sp³-hybridized carbons (Fsp3) is 0.857. The Morgan fingerprint density at radius 1 is 1.26 bits per heavy atom. The highest BCUT2D eigenvalue weighted by Gasteiger charge is 2.29. The summed E-state index contributed by atoms with van der Waals surface area (Å²) in [7, 11) is 0. The number of aliphatic carboxylic acids is 1. The average Bonchev–Trinajstić information content (AvgIpc) is 2.73. The topological polar surface area (TPSA) is 78.4 Å². The van der Waals surface area contributed by atoms with Crippen molar-refractivity contribution >= 4 is 12.0 Å². The molecule has 5 nitrogen and oxygen atoms in total. The predicted molar refractivity (Wildman–Crippen MR) is 74.0 cm³/mol. The molecule has 110 valence electrons. The smallest absolute Gasteiger partial charge is 0.315 e. The summed E-state index contributed by atoms with van der Waals surface area (Å²) in [5.74, 6) is -0.786. The SMILES string of the molecule is CC(C)C(CC(=O)O)NC(=O)NCC1(C)CCCC1. The van der Waals surface area contributed by atoms with Crippen molar-refractivity contribution in [2.75, 3.05) is 6.54 Å². The van der Waals surface area contributed by atoms with Crippen LogP contribution in [0.15, 0.2) is 0 Å². The highest BCUT2D eigenvalue weighted by molar-refractivity contribution is 5.75. The number of hydrogen-bond acceptors (Lipinski definition) is 2. The first-order chi connectivity index (χ1) is 8.82. The van der Waals surface area contributed by atoms with Crippen molar-refractivity contribution in [1.82, 2.24) is 10.6 Å². The van der Waals surface area contributed by atoms with Gasteiger partial charge < -0.3 is 15.7 Å². The van der Waals surface area contributed by atoms with Crippen molar-refractivity contribution in [3.8, 4) is 0 Å². The Morgan fingerprint density at radius 3 is 2.32 bits per heavy atom. The summed E-state index contributed by atoms with van der Waals surface area (Å²) in [6.45, 7) is 6.67. The summed E-state index contributed by atoms with van der Waals surface area (Å²) >= 11 is 0. The van der Waals surface area contributed by atoms with E-state index in [0.29, 0.717) is 6.54 Å². The predicted octanol–water partition coefficient (Wildman–Crippen LogP) is 2.37. The van der Waals surface area contributed by atoms with Crippen LogP contribution in [0.3, 0.4) is 0 Å². The molecule has 0 saturated heterocycles. The van der Waals surface area contributed by atoms with Crippen LogP contribution >= 0.6 is 0 Å². The van der Waals surface area contributed by atoms with Crippen molar-refractivity contribution in [1.29, 1.82) is 0 Å². The van der Waals surface area contributed by atoms with Gasteiger partial charge in [0.05, 0.1) is 6.42 Å². The van der Waals surface area contributed by atoms with Gasteiger partial charge in [0.15, 0.2) is 0 Å². The molecular weight excluding hydrogens is 244 g/mol. The maximum atomic E-state index is 11.8. The summed E-state index contributed by atoms with van der Waals surface area (Å²) in [5, 5.41) is 14.5. The highest BCUT2D eigenvalue weighted by Crippen LogP contribution is 2.36. The van der Waals surface area contributed by atoms with E-state index in [2.05, 4.69) is 17.6 Å². The van der Waals surface area contributed by atoms with E-state index in [4.69, 9.17) is 5.11 Å². The zero-order chi connectivity index (χ0) is 14.5. The lowest BCUT2D eigenvalue weighted by molar-refractivity contribution is -0.137. The molecule has 19 heavy (non-hydrogen) atoms. The van der Waals surface area contributed by atoms with E-state index in [9.17, 15) is 9.59 Å². The molecule has 5 heteroatoms. The molecule has 0 aromatic carbocycles. The molecule has 1 atom stereocenters. The Balaban J connectivity index is 2.37. The van der Waals surface area contributed by atoms with Crippen LogP contribution in [0.5, 0.6) is 0 Å². The molecule has 1 rings (SSSR count). The Kier molecular flexibility index (Phi) is 5.63. The number of carbonyl (C=O) groups is 2. The summed E-state index contributed by atoms with van der Waals surface area (Å²) in [6, 6.07) is -0.582. The molecule has 0 heterocycles. The van der Waals surface area contributed by atoms with Gasteiger partial charge in [0.2, 0.25) is 0 Å². The first-order valence-electron chi connectivity index (χ1n) is 7.08. The Labute approximate surface area is 115 Å². The van der Waals surface area contributed by atoms with Gasteiger partial charge in [0, 0.05) is 12.6 Å². The maximum absolute atomic E-state index is 11.8. The monoisotopic (exact) mass is 270 g/mol. The number of nitrogens with one attached hydrogen (secondary N) is 2. The summed E-state index contributed by atoms with van der Waals surface area (Å²) in [4.78, 5) is 22.6. The maximum Gasteiger partial charge on any atom is 0.315 e. The molecule has 2 amide bonds. The fourth-order valence-electron chi connectivity index (χ4n) is 2.56. The second-order valence-corrected chi connectivity index (χ2v) is 6.29. The molecule has 0 aromatic heterocycles. The van der Waals surface area contributed by atoms with Gasteiger partial charge in [-0.25, -0.2) is 4.79 Å². The van der Waals surface area contributed by atoms with Gasteiger partial charge in [-0.3, -0.25) is 4.79 Å². The van der Waals surface area contributed by atoms with Crippen LogP contribution in [-0.4, -0.2) is 29.7 Å². The molecule has 1 saturated carbocycles. The molecule has 1 aliphatic rings. The molecule has 0 aromatic rings. The lowest BCUT2D eigenvalue weighted by Gasteiger charge is -2.26. The fourth-order valence-corrected chi connectivity index (χ4v) is 2.56. The lowest BCUT2D eigenvalue weighted by atomic mass is 9.89. The first kappa shape index (κ1) is 15.8. The van der Waals surface area contributed by atoms with Gasteiger partial charge in [0.25, 0.3) is 0 Å². The normalized spacial score (nSPS) is 19.2. The highest BCUT2D eigenvalue weighted by atomic mass is 16.4. The molecule has 3 N–H and O–H groups in total. The summed E-state index contributed by atoms with van der Waals surface area (Å²) < 4.78 is 0. The minimum absolute atomic E-state index is 0.0393. The van der Waals surface area contributed by atoms with Crippen LogP contribution in [0.1, 0.15) is 52.9 Å². The van der Waals surface area contributed by atoms with Crippen LogP contribution in [0, 0.1) is 11.3 Å². The minimum atomic E-state index is -0.887. The summed E-state index contributed by atoms with van der Waals surface area (Å²) in [5.41, 5.74) is 0.206. The standard InChI is InChI=1S/C14H26N2O3/c1-10(2)11(8-12(17)18)16-13(19)15-9-14(3)6-4-5-7-14/h10-11H,4-9H2,1-3H3,(H,17,18)(H2,15,16,19).